The number of ketones is 1. The topological polar surface area (TPSA) is 43.4 Å². The highest BCUT2D eigenvalue weighted by Gasteiger charge is 2.25. The lowest BCUT2D eigenvalue weighted by molar-refractivity contribution is -0.151. The van der Waals surface area contributed by atoms with Crippen molar-refractivity contribution >= 4 is 23.4 Å². The summed E-state index contributed by atoms with van der Waals surface area (Å²) < 4.78 is 4.83. The molecule has 0 N–H and O–H groups in total. The van der Waals surface area contributed by atoms with Gasteiger partial charge in [0.2, 0.25) is 0 Å². The predicted octanol–water partition coefficient (Wildman–Crippen LogP) is 2.68. The number of rotatable bonds is 7. The van der Waals surface area contributed by atoms with Gasteiger partial charge in [0.25, 0.3) is 0 Å². The number of esters is 1. The summed E-state index contributed by atoms with van der Waals surface area (Å²) in [6, 6.07) is 0. The van der Waals surface area contributed by atoms with Crippen LogP contribution in [0.5, 0.6) is 0 Å². The van der Waals surface area contributed by atoms with E-state index in [1.165, 1.54) is 5.54 Å². The Kier molecular flexibility index (Phi) is 8.01. The maximum Gasteiger partial charge on any atom is 0.316 e. The zero-order valence-corrected chi connectivity index (χ0v) is 9.92. The standard InChI is InChI=1S/C11H17ClO3/c1-3-6-10(13)9(7-5-8-12)11(14)15-4-2/h5,8-9H,3-4,6-7H2,1-2H3/b8-5+. The van der Waals surface area contributed by atoms with E-state index in [4.69, 9.17) is 16.3 Å². The van der Waals surface area contributed by atoms with E-state index in [-0.39, 0.29) is 5.78 Å². The number of allylic oxidation sites excluding steroid dienone is 1. The van der Waals surface area contributed by atoms with Gasteiger partial charge in [-0.2, -0.15) is 0 Å². The van der Waals surface area contributed by atoms with Crippen LogP contribution in [0.4, 0.5) is 0 Å². The Balaban J connectivity index is 4.41. The zero-order chi connectivity index (χ0) is 11.7. The molecule has 0 rings (SSSR count). The van der Waals surface area contributed by atoms with Crippen LogP contribution < -0.4 is 0 Å². The monoisotopic (exact) mass is 232 g/mol. The van der Waals surface area contributed by atoms with Gasteiger partial charge >= 0.3 is 5.97 Å². The molecular formula is C11H17ClO3. The molecule has 4 heteroatoms. The van der Waals surface area contributed by atoms with Gasteiger partial charge in [0, 0.05) is 12.0 Å². The minimum absolute atomic E-state index is 0.0780. The van der Waals surface area contributed by atoms with E-state index >= 15 is 0 Å². The van der Waals surface area contributed by atoms with Crippen LogP contribution in [-0.2, 0) is 14.3 Å². The largest absolute Gasteiger partial charge is 0.465 e. The summed E-state index contributed by atoms with van der Waals surface area (Å²) in [6.07, 6.45) is 3.05. The van der Waals surface area contributed by atoms with E-state index in [2.05, 4.69) is 0 Å². The first-order valence-corrected chi connectivity index (χ1v) is 5.55. The number of ether oxygens (including phenoxy) is 1. The van der Waals surface area contributed by atoms with E-state index in [0.29, 0.717) is 19.4 Å². The third kappa shape index (κ3) is 5.57. The van der Waals surface area contributed by atoms with Gasteiger partial charge in [0.1, 0.15) is 11.7 Å². The molecule has 0 radical (unpaired) electrons. The number of carbonyl (C=O) groups is 2. The first kappa shape index (κ1) is 14.2. The average molecular weight is 233 g/mol. The van der Waals surface area contributed by atoms with Crippen LogP contribution in [0.3, 0.4) is 0 Å². The van der Waals surface area contributed by atoms with Crippen molar-refractivity contribution in [3.05, 3.63) is 11.6 Å². The molecule has 0 heterocycles. The molecule has 15 heavy (non-hydrogen) atoms. The third-order valence-corrected chi connectivity index (χ3v) is 2.10. The Hall–Kier alpha value is -0.830. The lowest BCUT2D eigenvalue weighted by Crippen LogP contribution is -2.25. The molecule has 0 aromatic rings. The predicted molar refractivity (Wildman–Crippen MR) is 59.6 cm³/mol. The highest BCUT2D eigenvalue weighted by molar-refractivity contribution is 6.25. The molecule has 1 unspecified atom stereocenters. The summed E-state index contributed by atoms with van der Waals surface area (Å²) in [5.74, 6) is -1.23. The van der Waals surface area contributed by atoms with E-state index in [1.807, 2.05) is 6.92 Å². The van der Waals surface area contributed by atoms with Gasteiger partial charge in [-0.15, -0.1) is 0 Å². The van der Waals surface area contributed by atoms with Crippen LogP contribution in [0.1, 0.15) is 33.1 Å². The number of Topliss-reactive ketones (excluding diaryl/α,β-unsaturated/α-hetero) is 1. The number of hydrogen-bond donors (Lipinski definition) is 0. The molecule has 86 valence electrons. The van der Waals surface area contributed by atoms with Crippen LogP contribution in [0.15, 0.2) is 11.6 Å². The van der Waals surface area contributed by atoms with Gasteiger partial charge in [-0.1, -0.05) is 24.6 Å². The van der Waals surface area contributed by atoms with E-state index in [0.717, 1.165) is 6.42 Å². The van der Waals surface area contributed by atoms with Crippen molar-refractivity contribution in [3.63, 3.8) is 0 Å². The van der Waals surface area contributed by atoms with Crippen molar-refractivity contribution in [3.8, 4) is 0 Å². The van der Waals surface area contributed by atoms with E-state index in [1.54, 1.807) is 13.0 Å². The number of hydrogen-bond acceptors (Lipinski definition) is 3. The molecule has 0 saturated carbocycles. The average Bonchev–Trinajstić information content (AvgIpc) is 2.19. The summed E-state index contributed by atoms with van der Waals surface area (Å²) in [5.41, 5.74) is 1.31. The van der Waals surface area contributed by atoms with Crippen molar-refractivity contribution < 1.29 is 14.3 Å². The van der Waals surface area contributed by atoms with Gasteiger partial charge in [-0.3, -0.25) is 9.59 Å². The molecular weight excluding hydrogens is 216 g/mol. The van der Waals surface area contributed by atoms with E-state index < -0.39 is 11.9 Å². The molecule has 0 aliphatic rings. The van der Waals surface area contributed by atoms with Crippen molar-refractivity contribution in [1.82, 2.24) is 0 Å². The SMILES string of the molecule is CCCC(=O)C(C/C=C/Cl)C(=O)OCC. The minimum Gasteiger partial charge on any atom is -0.465 e. The van der Waals surface area contributed by atoms with Crippen molar-refractivity contribution in [2.45, 2.75) is 33.1 Å². The molecule has 0 aliphatic carbocycles. The Morgan fingerprint density at radius 1 is 1.40 bits per heavy atom. The number of halogens is 1. The summed E-state index contributed by atoms with van der Waals surface area (Å²) in [6.45, 7) is 3.91. The summed E-state index contributed by atoms with van der Waals surface area (Å²) in [5, 5.41) is 0. The van der Waals surface area contributed by atoms with Crippen LogP contribution in [-0.4, -0.2) is 18.4 Å². The fourth-order valence-corrected chi connectivity index (χ4v) is 1.31. The normalized spacial score (nSPS) is 12.7. The number of carbonyl (C=O) groups excluding carboxylic acids is 2. The molecule has 3 nitrogen and oxygen atoms in total. The van der Waals surface area contributed by atoms with Crippen molar-refractivity contribution in [2.75, 3.05) is 6.61 Å². The summed E-state index contributed by atoms with van der Waals surface area (Å²) in [4.78, 5) is 23.0. The third-order valence-electron chi connectivity index (χ3n) is 1.92. The Morgan fingerprint density at radius 2 is 2.07 bits per heavy atom. The molecule has 0 spiro atoms. The molecule has 0 bridgehead atoms. The van der Waals surface area contributed by atoms with Crippen LogP contribution in [0.25, 0.3) is 0 Å². The van der Waals surface area contributed by atoms with Gasteiger partial charge < -0.3 is 4.74 Å². The molecule has 0 aromatic carbocycles. The highest BCUT2D eigenvalue weighted by Crippen LogP contribution is 2.12. The van der Waals surface area contributed by atoms with E-state index in [9.17, 15) is 9.59 Å². The Morgan fingerprint density at radius 3 is 2.53 bits per heavy atom. The fourth-order valence-electron chi connectivity index (χ4n) is 1.21. The van der Waals surface area contributed by atoms with Crippen LogP contribution >= 0.6 is 11.6 Å². The lowest BCUT2D eigenvalue weighted by Gasteiger charge is -2.11. The smallest absolute Gasteiger partial charge is 0.316 e. The second-order valence-electron chi connectivity index (χ2n) is 3.12. The van der Waals surface area contributed by atoms with Crippen molar-refractivity contribution in [1.29, 1.82) is 0 Å². The lowest BCUT2D eigenvalue weighted by atomic mass is 9.97. The van der Waals surface area contributed by atoms with Gasteiger partial charge in [-0.25, -0.2) is 0 Å². The molecule has 0 aromatic heterocycles. The quantitative estimate of drug-likeness (QED) is 0.501. The second-order valence-corrected chi connectivity index (χ2v) is 3.37. The molecule has 0 fully saturated rings. The Bertz CT molecular complexity index is 218. The summed E-state index contributed by atoms with van der Waals surface area (Å²) in [7, 11) is 0. The first-order valence-electron chi connectivity index (χ1n) is 5.11. The highest BCUT2D eigenvalue weighted by atomic mass is 35.5. The Labute approximate surface area is 95.4 Å². The van der Waals surface area contributed by atoms with Gasteiger partial charge in [0.15, 0.2) is 0 Å². The molecule has 0 amide bonds. The summed E-state index contributed by atoms with van der Waals surface area (Å²) >= 11 is 5.37. The van der Waals surface area contributed by atoms with Crippen LogP contribution in [0, 0.1) is 5.92 Å². The molecule has 1 atom stereocenters. The molecule has 0 aliphatic heterocycles. The maximum atomic E-state index is 11.6. The minimum atomic E-state index is -0.695. The fraction of sp³-hybridized carbons (Fsp3) is 0.636. The van der Waals surface area contributed by atoms with Crippen LogP contribution in [0.2, 0.25) is 0 Å². The second kappa shape index (κ2) is 8.48. The first-order chi connectivity index (χ1) is 7.17. The molecule has 0 saturated heterocycles. The van der Waals surface area contributed by atoms with Gasteiger partial charge in [-0.05, 0) is 19.8 Å². The van der Waals surface area contributed by atoms with Gasteiger partial charge in [0.05, 0.1) is 6.61 Å². The zero-order valence-electron chi connectivity index (χ0n) is 9.16. The van der Waals surface area contributed by atoms with Crippen molar-refractivity contribution in [2.24, 2.45) is 5.92 Å². The maximum absolute atomic E-state index is 11.6.